The monoisotopic (exact) mass is 442 g/mol. The second-order valence-corrected chi connectivity index (χ2v) is 8.50. The standard InChI is InChI=1S/C26H26N4O3/c1-17-21-15-23(31)30(16-18-8-6-11-20(14-18)33-2)25(21)28-24(27-17)22-12-7-13-29(22)26(32)19-9-4-3-5-10-19/h3-6,8-11,14,22H,7,12-13,15-16H2,1-2H3/t22-/m1/s1. The molecule has 1 aromatic heterocycles. The highest BCUT2D eigenvalue weighted by Crippen LogP contribution is 2.36. The molecule has 168 valence electrons. The van der Waals surface area contributed by atoms with E-state index in [0.29, 0.717) is 36.7 Å². The van der Waals surface area contributed by atoms with Crippen LogP contribution in [0, 0.1) is 6.92 Å². The fraction of sp³-hybridized carbons (Fsp3) is 0.308. The van der Waals surface area contributed by atoms with Gasteiger partial charge in [0.05, 0.1) is 26.1 Å². The Bertz CT molecular complexity index is 1210. The Morgan fingerprint density at radius 2 is 1.94 bits per heavy atom. The summed E-state index contributed by atoms with van der Waals surface area (Å²) in [7, 11) is 1.63. The number of ether oxygens (including phenoxy) is 1. The lowest BCUT2D eigenvalue weighted by Crippen LogP contribution is -2.32. The molecule has 3 heterocycles. The molecular weight excluding hydrogens is 416 g/mol. The molecule has 0 radical (unpaired) electrons. The number of carbonyl (C=O) groups excluding carboxylic acids is 2. The Hall–Kier alpha value is -3.74. The van der Waals surface area contributed by atoms with Crippen LogP contribution in [0.4, 0.5) is 5.82 Å². The van der Waals surface area contributed by atoms with Crippen molar-refractivity contribution in [1.82, 2.24) is 14.9 Å². The van der Waals surface area contributed by atoms with E-state index >= 15 is 0 Å². The highest BCUT2D eigenvalue weighted by atomic mass is 16.5. The van der Waals surface area contributed by atoms with Crippen LogP contribution >= 0.6 is 0 Å². The molecule has 0 N–H and O–H groups in total. The summed E-state index contributed by atoms with van der Waals surface area (Å²) in [5.74, 6) is 2.01. The predicted octanol–water partition coefficient (Wildman–Crippen LogP) is 3.86. The molecule has 1 atom stereocenters. The summed E-state index contributed by atoms with van der Waals surface area (Å²) in [6.45, 7) is 3.01. The molecule has 5 rings (SSSR count). The molecule has 7 heteroatoms. The number of benzene rings is 2. The maximum Gasteiger partial charge on any atom is 0.254 e. The molecule has 0 bridgehead atoms. The number of anilines is 1. The Balaban J connectivity index is 1.47. The summed E-state index contributed by atoms with van der Waals surface area (Å²) >= 11 is 0. The molecule has 0 spiro atoms. The second kappa shape index (κ2) is 8.65. The van der Waals surface area contributed by atoms with E-state index in [1.165, 1.54) is 0 Å². The molecule has 2 amide bonds. The van der Waals surface area contributed by atoms with Gasteiger partial charge in [0, 0.05) is 23.4 Å². The smallest absolute Gasteiger partial charge is 0.254 e. The van der Waals surface area contributed by atoms with Gasteiger partial charge in [-0.1, -0.05) is 30.3 Å². The van der Waals surface area contributed by atoms with Crippen molar-refractivity contribution in [1.29, 1.82) is 0 Å². The van der Waals surface area contributed by atoms with E-state index in [0.717, 1.165) is 35.4 Å². The van der Waals surface area contributed by atoms with E-state index in [1.807, 2.05) is 66.4 Å². The lowest BCUT2D eigenvalue weighted by atomic mass is 10.1. The van der Waals surface area contributed by atoms with Gasteiger partial charge in [0.2, 0.25) is 5.91 Å². The van der Waals surface area contributed by atoms with Crippen LogP contribution in [0.5, 0.6) is 5.75 Å². The van der Waals surface area contributed by atoms with Crippen LogP contribution in [0.25, 0.3) is 0 Å². The van der Waals surface area contributed by atoms with Gasteiger partial charge in [-0.15, -0.1) is 0 Å². The first-order valence-corrected chi connectivity index (χ1v) is 11.2. The quantitative estimate of drug-likeness (QED) is 0.600. The highest BCUT2D eigenvalue weighted by Gasteiger charge is 2.36. The van der Waals surface area contributed by atoms with Gasteiger partial charge in [-0.2, -0.15) is 0 Å². The minimum atomic E-state index is -0.198. The van der Waals surface area contributed by atoms with Crippen LogP contribution in [0.15, 0.2) is 54.6 Å². The minimum absolute atomic E-state index is 0.00556. The fourth-order valence-electron chi connectivity index (χ4n) is 4.69. The van der Waals surface area contributed by atoms with Crippen molar-refractivity contribution in [2.75, 3.05) is 18.6 Å². The van der Waals surface area contributed by atoms with Crippen LogP contribution in [0.1, 0.15) is 51.9 Å². The largest absolute Gasteiger partial charge is 0.497 e. The van der Waals surface area contributed by atoms with Crippen LogP contribution < -0.4 is 9.64 Å². The first kappa shape index (κ1) is 21.1. The number of fused-ring (bicyclic) bond motifs is 1. The van der Waals surface area contributed by atoms with Crippen LogP contribution in [-0.4, -0.2) is 40.3 Å². The summed E-state index contributed by atoms with van der Waals surface area (Å²) in [6, 6.07) is 16.8. The first-order valence-electron chi connectivity index (χ1n) is 11.2. The van der Waals surface area contributed by atoms with E-state index in [9.17, 15) is 9.59 Å². The van der Waals surface area contributed by atoms with Crippen molar-refractivity contribution in [3.05, 3.63) is 82.8 Å². The number of amides is 2. The van der Waals surface area contributed by atoms with E-state index in [-0.39, 0.29) is 17.9 Å². The summed E-state index contributed by atoms with van der Waals surface area (Å²) in [5, 5.41) is 0. The zero-order chi connectivity index (χ0) is 22.9. The van der Waals surface area contributed by atoms with Crippen molar-refractivity contribution >= 4 is 17.6 Å². The number of methoxy groups -OCH3 is 1. The number of aryl methyl sites for hydroxylation is 1. The van der Waals surface area contributed by atoms with Gasteiger partial charge in [0.15, 0.2) is 5.82 Å². The van der Waals surface area contributed by atoms with Crippen molar-refractivity contribution in [2.45, 2.75) is 38.8 Å². The molecule has 7 nitrogen and oxygen atoms in total. The van der Waals surface area contributed by atoms with Gasteiger partial charge in [0.1, 0.15) is 11.6 Å². The zero-order valence-electron chi connectivity index (χ0n) is 18.8. The average molecular weight is 443 g/mol. The number of nitrogens with zero attached hydrogens (tertiary/aromatic N) is 4. The molecular formula is C26H26N4O3. The lowest BCUT2D eigenvalue weighted by molar-refractivity contribution is -0.117. The number of rotatable bonds is 5. The summed E-state index contributed by atoms with van der Waals surface area (Å²) < 4.78 is 5.33. The molecule has 0 saturated carbocycles. The van der Waals surface area contributed by atoms with Crippen LogP contribution in [0.2, 0.25) is 0 Å². The molecule has 1 saturated heterocycles. The molecule has 2 aliphatic heterocycles. The van der Waals surface area contributed by atoms with E-state index in [4.69, 9.17) is 14.7 Å². The van der Waals surface area contributed by atoms with Gasteiger partial charge < -0.3 is 9.64 Å². The minimum Gasteiger partial charge on any atom is -0.497 e. The molecule has 1 fully saturated rings. The van der Waals surface area contributed by atoms with Gasteiger partial charge in [-0.25, -0.2) is 9.97 Å². The Morgan fingerprint density at radius 3 is 2.73 bits per heavy atom. The fourth-order valence-corrected chi connectivity index (χ4v) is 4.69. The molecule has 2 aliphatic rings. The lowest BCUT2D eigenvalue weighted by Gasteiger charge is -2.25. The molecule has 2 aromatic carbocycles. The third-order valence-electron chi connectivity index (χ3n) is 6.40. The maximum absolute atomic E-state index is 13.2. The Morgan fingerprint density at radius 1 is 1.12 bits per heavy atom. The summed E-state index contributed by atoms with van der Waals surface area (Å²) in [6.07, 6.45) is 2.00. The molecule has 3 aromatic rings. The van der Waals surface area contributed by atoms with Gasteiger partial charge in [0.25, 0.3) is 5.91 Å². The summed E-state index contributed by atoms with van der Waals surface area (Å²) in [4.78, 5) is 39.3. The van der Waals surface area contributed by atoms with E-state index in [2.05, 4.69) is 0 Å². The van der Waals surface area contributed by atoms with Gasteiger partial charge in [-0.3, -0.25) is 14.5 Å². The van der Waals surface area contributed by atoms with Crippen molar-refractivity contribution in [3.63, 3.8) is 0 Å². The van der Waals surface area contributed by atoms with Crippen LogP contribution in [0.3, 0.4) is 0 Å². The number of hydrogen-bond acceptors (Lipinski definition) is 5. The molecule has 0 unspecified atom stereocenters. The van der Waals surface area contributed by atoms with Crippen molar-refractivity contribution in [2.24, 2.45) is 0 Å². The third kappa shape index (κ3) is 3.95. The second-order valence-electron chi connectivity index (χ2n) is 8.50. The van der Waals surface area contributed by atoms with E-state index in [1.54, 1.807) is 12.0 Å². The summed E-state index contributed by atoms with van der Waals surface area (Å²) in [5.41, 5.74) is 3.30. The molecule has 33 heavy (non-hydrogen) atoms. The number of likely N-dealkylation sites (tertiary alicyclic amines) is 1. The molecule has 0 aliphatic carbocycles. The van der Waals surface area contributed by atoms with Crippen LogP contribution in [-0.2, 0) is 17.8 Å². The van der Waals surface area contributed by atoms with Crippen molar-refractivity contribution in [3.8, 4) is 5.75 Å². The number of hydrogen-bond donors (Lipinski definition) is 0. The first-order chi connectivity index (χ1) is 16.0. The average Bonchev–Trinajstić information content (AvgIpc) is 3.45. The highest BCUT2D eigenvalue weighted by molar-refractivity contribution is 6.00. The normalized spacial score (nSPS) is 17.4. The maximum atomic E-state index is 13.2. The zero-order valence-corrected chi connectivity index (χ0v) is 18.8. The Labute approximate surface area is 193 Å². The Kier molecular flexibility index (Phi) is 5.54. The number of aromatic nitrogens is 2. The SMILES string of the molecule is COc1cccc(CN2C(=O)Cc3c(C)nc([C@H]4CCCN4C(=O)c4ccccc4)nc32)c1. The third-order valence-corrected chi connectivity index (χ3v) is 6.40. The van der Waals surface area contributed by atoms with Gasteiger partial charge >= 0.3 is 0 Å². The predicted molar refractivity (Wildman–Crippen MR) is 124 cm³/mol. The van der Waals surface area contributed by atoms with E-state index < -0.39 is 0 Å². The number of carbonyl (C=O) groups is 2. The van der Waals surface area contributed by atoms with Gasteiger partial charge in [-0.05, 0) is 49.6 Å². The van der Waals surface area contributed by atoms with Crippen molar-refractivity contribution < 1.29 is 14.3 Å². The topological polar surface area (TPSA) is 75.6 Å².